The van der Waals surface area contributed by atoms with Gasteiger partial charge >= 0.3 is 11.4 Å². The quantitative estimate of drug-likeness (QED) is 0.134. The van der Waals surface area contributed by atoms with E-state index >= 15 is 0 Å². The number of hydrogen-bond acceptors (Lipinski definition) is 12. The van der Waals surface area contributed by atoms with Crippen molar-refractivity contribution in [1.82, 2.24) is 0 Å². The van der Waals surface area contributed by atoms with Gasteiger partial charge in [-0.25, -0.2) is 0 Å². The molecule has 4 aromatic rings. The largest absolute Gasteiger partial charge is 0.448 e. The molecule has 8 bridgehead atoms. The van der Waals surface area contributed by atoms with E-state index in [1.54, 1.807) is 0 Å². The number of hydrogen-bond donors (Lipinski definition) is 2. The Morgan fingerprint density at radius 2 is 0.750 bits per heavy atom. The molecule has 0 aliphatic carbocycles. The first kappa shape index (κ1) is 30.3. The van der Waals surface area contributed by atoms with Gasteiger partial charge in [0.05, 0.1) is 51.2 Å². The number of nitro groups is 4. The van der Waals surface area contributed by atoms with Gasteiger partial charge in [0.1, 0.15) is 35.0 Å². The van der Waals surface area contributed by atoms with Crippen molar-refractivity contribution < 1.29 is 29.2 Å². The SMILES string of the molecule is O=[N+]([O-])c1cc([N+](=O)[O-])c2cc1Nc1cc(c(Cl)cc1Cl)Oc1cc(c([N+](=O)[O-])cc1[N+](=O)[O-])Nc1cc(c(Cl)cc1Cl)O2. The highest BCUT2D eigenvalue weighted by molar-refractivity contribution is 6.38. The zero-order valence-corrected chi connectivity index (χ0v) is 24.0. The summed E-state index contributed by atoms with van der Waals surface area (Å²) in [4.78, 5) is 43.9. The normalized spacial score (nSPS) is 11.7. The maximum atomic E-state index is 11.9. The number of anilines is 4. The molecule has 0 unspecified atom stereocenters. The van der Waals surface area contributed by atoms with Crippen LogP contribution in [-0.2, 0) is 0 Å². The molecule has 1 aliphatic rings. The summed E-state index contributed by atoms with van der Waals surface area (Å²) in [6, 6.07) is 7.75. The van der Waals surface area contributed by atoms with Crippen molar-refractivity contribution in [1.29, 1.82) is 0 Å². The average Bonchev–Trinajstić information content (AvgIpc) is 2.92. The summed E-state index contributed by atoms with van der Waals surface area (Å²) < 4.78 is 11.4. The highest BCUT2D eigenvalue weighted by Gasteiger charge is 2.30. The van der Waals surface area contributed by atoms with Crippen molar-refractivity contribution in [3.63, 3.8) is 0 Å². The third kappa shape index (κ3) is 5.73. The predicted octanol–water partition coefficient (Wildman–Crippen LogP) is 9.32. The molecule has 0 spiro atoms. The molecule has 20 heteroatoms. The molecule has 0 fully saturated rings. The van der Waals surface area contributed by atoms with Gasteiger partial charge in [0.25, 0.3) is 11.4 Å². The Labute approximate surface area is 263 Å². The van der Waals surface area contributed by atoms with E-state index in [1.165, 1.54) is 0 Å². The van der Waals surface area contributed by atoms with Gasteiger partial charge in [0.15, 0.2) is 0 Å². The van der Waals surface area contributed by atoms with Crippen molar-refractivity contribution in [2.75, 3.05) is 10.6 Å². The van der Waals surface area contributed by atoms with Crippen molar-refractivity contribution in [3.05, 3.63) is 109 Å². The molecule has 4 aromatic carbocycles. The van der Waals surface area contributed by atoms with Crippen molar-refractivity contribution in [3.8, 4) is 23.0 Å². The molecular weight excluding hydrogens is 674 g/mol. The summed E-state index contributed by atoms with van der Waals surface area (Å²) in [5.74, 6) is -1.53. The maximum absolute atomic E-state index is 11.9. The molecule has 0 saturated heterocycles. The van der Waals surface area contributed by atoms with Gasteiger partial charge in [-0.3, -0.25) is 40.5 Å². The molecule has 0 saturated carbocycles. The van der Waals surface area contributed by atoms with Gasteiger partial charge in [-0.2, -0.15) is 0 Å². The number of halogens is 4. The lowest BCUT2D eigenvalue weighted by Gasteiger charge is -2.17. The molecule has 0 amide bonds. The van der Waals surface area contributed by atoms with Gasteiger partial charge < -0.3 is 20.1 Å². The second-order valence-corrected chi connectivity index (χ2v) is 10.3. The molecule has 44 heavy (non-hydrogen) atoms. The van der Waals surface area contributed by atoms with E-state index in [0.717, 1.165) is 36.4 Å². The lowest BCUT2D eigenvalue weighted by Crippen LogP contribution is -2.04. The summed E-state index contributed by atoms with van der Waals surface area (Å²) in [5, 5.41) is 52.3. The van der Waals surface area contributed by atoms with Gasteiger partial charge in [-0.05, 0) is 12.1 Å². The van der Waals surface area contributed by atoms with Crippen LogP contribution in [0.5, 0.6) is 23.0 Å². The van der Waals surface area contributed by atoms with Crippen LogP contribution in [0, 0.1) is 40.5 Å². The summed E-state index contributed by atoms with van der Waals surface area (Å²) in [7, 11) is 0. The molecule has 1 heterocycles. The Morgan fingerprint density at radius 1 is 0.432 bits per heavy atom. The number of rotatable bonds is 4. The Kier molecular flexibility index (Phi) is 7.92. The third-order valence-corrected chi connectivity index (χ3v) is 7.18. The number of ether oxygens (including phenoxy) is 2. The lowest BCUT2D eigenvalue weighted by atomic mass is 10.2. The molecule has 2 N–H and O–H groups in total. The number of nitro benzene ring substituents is 4. The first-order valence-electron chi connectivity index (χ1n) is 11.5. The minimum absolute atomic E-state index is 0.0872. The minimum Gasteiger partial charge on any atom is -0.448 e. The number of fused-ring (bicyclic) bond motifs is 8. The zero-order chi connectivity index (χ0) is 32.0. The van der Waals surface area contributed by atoms with Crippen LogP contribution in [0.3, 0.4) is 0 Å². The van der Waals surface area contributed by atoms with E-state index in [1.807, 2.05) is 0 Å². The minimum atomic E-state index is -0.920. The topological polar surface area (TPSA) is 215 Å². The predicted molar refractivity (Wildman–Crippen MR) is 159 cm³/mol. The number of benzene rings is 4. The van der Waals surface area contributed by atoms with Crippen molar-refractivity contribution in [2.24, 2.45) is 0 Å². The summed E-state index contributed by atoms with van der Waals surface area (Å²) in [5.41, 5.74) is -3.96. The highest BCUT2D eigenvalue weighted by atomic mass is 35.5. The monoisotopic (exact) mass is 682 g/mol. The molecule has 0 atom stereocenters. The average molecular weight is 684 g/mol. The van der Waals surface area contributed by atoms with E-state index in [9.17, 15) is 40.5 Å². The second kappa shape index (κ2) is 11.5. The number of nitrogens with one attached hydrogen (secondary N) is 2. The van der Waals surface area contributed by atoms with Crippen LogP contribution < -0.4 is 20.1 Å². The fourth-order valence-corrected chi connectivity index (χ4v) is 4.94. The smallest absolute Gasteiger partial charge is 0.318 e. The van der Waals surface area contributed by atoms with Gasteiger partial charge in [0.2, 0.25) is 11.5 Å². The van der Waals surface area contributed by atoms with E-state index in [-0.39, 0.29) is 54.3 Å². The Bertz CT molecular complexity index is 1700. The second-order valence-electron chi connectivity index (χ2n) is 8.68. The summed E-state index contributed by atoms with van der Waals surface area (Å²) in [6.45, 7) is 0. The molecule has 1 aliphatic heterocycles. The molecule has 0 aromatic heterocycles. The molecule has 0 radical (unpaired) electrons. The first-order valence-corrected chi connectivity index (χ1v) is 13.1. The molecule has 5 rings (SSSR count). The van der Waals surface area contributed by atoms with Gasteiger partial charge in [-0.15, -0.1) is 0 Å². The first-order chi connectivity index (χ1) is 20.7. The van der Waals surface area contributed by atoms with Crippen molar-refractivity contribution in [2.45, 2.75) is 0 Å². The number of nitrogens with zero attached hydrogens (tertiary/aromatic N) is 4. The molecular formula is C24H10Cl4N6O10. The Balaban J connectivity index is 1.85. The van der Waals surface area contributed by atoms with Crippen LogP contribution in [0.15, 0.2) is 48.5 Å². The fourth-order valence-electron chi connectivity index (χ4n) is 4.00. The summed E-state index contributed by atoms with van der Waals surface area (Å²) >= 11 is 25.2. The van der Waals surface area contributed by atoms with Crippen LogP contribution in [-0.4, -0.2) is 19.7 Å². The van der Waals surface area contributed by atoms with Crippen LogP contribution in [0.1, 0.15) is 0 Å². The molecule has 16 nitrogen and oxygen atoms in total. The maximum Gasteiger partial charge on any atom is 0.318 e. The van der Waals surface area contributed by atoms with Crippen LogP contribution in [0.25, 0.3) is 0 Å². The fraction of sp³-hybridized carbons (Fsp3) is 0. The van der Waals surface area contributed by atoms with E-state index in [0.29, 0.717) is 12.1 Å². The van der Waals surface area contributed by atoms with Gasteiger partial charge in [-0.1, -0.05) is 46.4 Å². The Morgan fingerprint density at radius 3 is 1.07 bits per heavy atom. The van der Waals surface area contributed by atoms with Crippen LogP contribution in [0.2, 0.25) is 20.1 Å². The Hall–Kier alpha value is -5.16. The lowest BCUT2D eigenvalue weighted by molar-refractivity contribution is -0.394. The highest BCUT2D eigenvalue weighted by Crippen LogP contribution is 2.48. The summed E-state index contributed by atoms with van der Waals surface area (Å²) in [6.07, 6.45) is 0. The molecule has 224 valence electrons. The third-order valence-electron chi connectivity index (χ3n) is 5.96. The van der Waals surface area contributed by atoms with Crippen LogP contribution in [0.4, 0.5) is 45.5 Å². The van der Waals surface area contributed by atoms with E-state index < -0.39 is 53.9 Å². The van der Waals surface area contributed by atoms with E-state index in [2.05, 4.69) is 10.6 Å². The van der Waals surface area contributed by atoms with Crippen molar-refractivity contribution >= 4 is 91.9 Å². The van der Waals surface area contributed by atoms with Gasteiger partial charge in [0, 0.05) is 24.3 Å². The van der Waals surface area contributed by atoms with Crippen LogP contribution >= 0.6 is 46.4 Å². The standard InChI is InChI=1S/C24H10Cl4N6O10/c25-9-1-11(27)21-3-13(9)29-15-5-24(20(34(41)42)7-17(15)31(35)36)44-22-4-14(10(26)2-12(22)28)30-16-6-23(43-21)19(33(39)40)8-18(16)32(37)38/h1-8,29-30H. The zero-order valence-electron chi connectivity index (χ0n) is 21.0. The van der Waals surface area contributed by atoms with E-state index in [4.69, 9.17) is 55.9 Å².